The Bertz CT molecular complexity index is 715. The van der Waals surface area contributed by atoms with Crippen LogP contribution in [0.15, 0.2) is 48.5 Å². The number of ether oxygens (including phenoxy) is 1. The minimum atomic E-state index is 0.0641. The summed E-state index contributed by atoms with van der Waals surface area (Å²) in [5.41, 5.74) is 8.68. The second-order valence-corrected chi connectivity index (χ2v) is 6.41. The van der Waals surface area contributed by atoms with E-state index < -0.39 is 0 Å². The molecule has 0 aromatic heterocycles. The summed E-state index contributed by atoms with van der Waals surface area (Å²) in [5, 5.41) is 0. The lowest BCUT2D eigenvalue weighted by atomic mass is 9.97. The zero-order valence-corrected chi connectivity index (χ0v) is 14.2. The summed E-state index contributed by atoms with van der Waals surface area (Å²) < 4.78 is 5.47. The molecule has 1 aliphatic rings. The molecule has 4 nitrogen and oxygen atoms in total. The minimum absolute atomic E-state index is 0.0641. The van der Waals surface area contributed by atoms with E-state index in [0.29, 0.717) is 12.1 Å². The Morgan fingerprint density at radius 3 is 2.62 bits per heavy atom. The van der Waals surface area contributed by atoms with Crippen LogP contribution in [-0.4, -0.2) is 36.5 Å². The lowest BCUT2D eigenvalue weighted by molar-refractivity contribution is 0.0619. The zero-order valence-electron chi connectivity index (χ0n) is 14.2. The molecule has 0 radical (unpaired) electrons. The van der Waals surface area contributed by atoms with E-state index in [2.05, 4.69) is 6.92 Å². The maximum absolute atomic E-state index is 12.9. The Morgan fingerprint density at radius 2 is 1.96 bits per heavy atom. The molecule has 1 saturated heterocycles. The lowest BCUT2D eigenvalue weighted by Crippen LogP contribution is -2.48. The van der Waals surface area contributed by atoms with Crippen LogP contribution in [0.2, 0.25) is 0 Å². The smallest absolute Gasteiger partial charge is 0.254 e. The normalized spacial score (nSPS) is 20.7. The maximum atomic E-state index is 12.9. The molecule has 0 aliphatic carbocycles. The Kier molecular flexibility index (Phi) is 4.86. The van der Waals surface area contributed by atoms with Gasteiger partial charge < -0.3 is 15.4 Å². The third-order valence-electron chi connectivity index (χ3n) is 4.71. The van der Waals surface area contributed by atoms with Gasteiger partial charge in [0, 0.05) is 29.8 Å². The van der Waals surface area contributed by atoms with E-state index in [1.807, 2.05) is 53.4 Å². The molecule has 1 fully saturated rings. The van der Waals surface area contributed by atoms with Crippen molar-refractivity contribution in [2.45, 2.75) is 31.8 Å². The number of methoxy groups -OCH3 is 1. The summed E-state index contributed by atoms with van der Waals surface area (Å²) in [6.07, 6.45) is 1.71. The number of amides is 1. The second kappa shape index (κ2) is 7.05. The quantitative estimate of drug-likeness (QED) is 0.942. The van der Waals surface area contributed by atoms with Gasteiger partial charge in [-0.3, -0.25) is 4.79 Å². The zero-order chi connectivity index (χ0) is 17.1. The highest BCUT2D eigenvalue weighted by molar-refractivity contribution is 5.96. The predicted molar refractivity (Wildman–Crippen MR) is 96.1 cm³/mol. The molecule has 0 bridgehead atoms. The van der Waals surface area contributed by atoms with E-state index >= 15 is 0 Å². The van der Waals surface area contributed by atoms with Crippen LogP contribution in [0.25, 0.3) is 11.1 Å². The summed E-state index contributed by atoms with van der Waals surface area (Å²) in [5.74, 6) is 0.834. The number of piperidine rings is 1. The molecule has 3 rings (SSSR count). The maximum Gasteiger partial charge on any atom is 0.254 e. The van der Waals surface area contributed by atoms with E-state index in [9.17, 15) is 4.79 Å². The molecule has 2 aromatic carbocycles. The van der Waals surface area contributed by atoms with E-state index in [1.165, 1.54) is 0 Å². The van der Waals surface area contributed by atoms with Gasteiger partial charge in [-0.2, -0.15) is 0 Å². The van der Waals surface area contributed by atoms with Gasteiger partial charge in [-0.15, -0.1) is 0 Å². The number of benzene rings is 2. The fourth-order valence-corrected chi connectivity index (χ4v) is 3.36. The molecule has 0 saturated carbocycles. The summed E-state index contributed by atoms with van der Waals surface area (Å²) in [6, 6.07) is 16.0. The van der Waals surface area contributed by atoms with Crippen LogP contribution in [0.5, 0.6) is 5.75 Å². The van der Waals surface area contributed by atoms with Crippen molar-refractivity contribution in [2.75, 3.05) is 13.7 Å². The summed E-state index contributed by atoms with van der Waals surface area (Å²) in [6.45, 7) is 2.78. The highest BCUT2D eigenvalue weighted by Crippen LogP contribution is 2.31. The summed E-state index contributed by atoms with van der Waals surface area (Å²) >= 11 is 0. The van der Waals surface area contributed by atoms with Gasteiger partial charge in [0.25, 0.3) is 5.91 Å². The van der Waals surface area contributed by atoms with Crippen molar-refractivity contribution in [3.63, 3.8) is 0 Å². The molecular weight excluding hydrogens is 300 g/mol. The van der Waals surface area contributed by atoms with Crippen molar-refractivity contribution in [1.82, 2.24) is 4.90 Å². The van der Waals surface area contributed by atoms with Gasteiger partial charge in [-0.05, 0) is 43.5 Å². The van der Waals surface area contributed by atoms with Gasteiger partial charge >= 0.3 is 0 Å². The first-order chi connectivity index (χ1) is 11.6. The second-order valence-electron chi connectivity index (χ2n) is 6.41. The van der Waals surface area contributed by atoms with Gasteiger partial charge in [-0.1, -0.05) is 30.3 Å². The Morgan fingerprint density at radius 1 is 1.21 bits per heavy atom. The molecule has 126 valence electrons. The van der Waals surface area contributed by atoms with E-state index in [0.717, 1.165) is 29.7 Å². The van der Waals surface area contributed by atoms with E-state index in [-0.39, 0.29) is 18.0 Å². The first-order valence-corrected chi connectivity index (χ1v) is 8.40. The fourth-order valence-electron chi connectivity index (χ4n) is 3.36. The largest absolute Gasteiger partial charge is 0.496 e. The number of rotatable bonds is 3. The van der Waals surface area contributed by atoms with Crippen LogP contribution >= 0.6 is 0 Å². The Labute approximate surface area is 143 Å². The number of hydrogen-bond acceptors (Lipinski definition) is 3. The van der Waals surface area contributed by atoms with E-state index in [1.54, 1.807) is 7.11 Å². The van der Waals surface area contributed by atoms with Crippen LogP contribution in [-0.2, 0) is 0 Å². The number of carbonyl (C=O) groups excluding carboxylic acids is 1. The van der Waals surface area contributed by atoms with Gasteiger partial charge in [0.05, 0.1) is 7.11 Å². The number of likely N-dealkylation sites (tertiary alicyclic amines) is 1. The Balaban J connectivity index is 1.93. The molecule has 1 heterocycles. The number of hydrogen-bond donors (Lipinski definition) is 1. The predicted octanol–water partition coefficient (Wildman–Crippen LogP) is 3.31. The monoisotopic (exact) mass is 324 g/mol. The third kappa shape index (κ3) is 3.29. The molecule has 0 spiro atoms. The number of nitrogens with two attached hydrogens (primary N) is 1. The van der Waals surface area contributed by atoms with Crippen LogP contribution in [0, 0.1) is 0 Å². The van der Waals surface area contributed by atoms with Gasteiger partial charge in [0.2, 0.25) is 0 Å². The molecule has 1 amide bonds. The third-order valence-corrected chi connectivity index (χ3v) is 4.71. The summed E-state index contributed by atoms with van der Waals surface area (Å²) in [4.78, 5) is 14.9. The van der Waals surface area contributed by atoms with E-state index in [4.69, 9.17) is 10.5 Å². The van der Waals surface area contributed by atoms with Crippen molar-refractivity contribution < 1.29 is 9.53 Å². The molecule has 4 heteroatoms. The molecular formula is C20H24N2O2. The highest BCUT2D eigenvalue weighted by Gasteiger charge is 2.28. The molecule has 2 aromatic rings. The first kappa shape index (κ1) is 16.5. The van der Waals surface area contributed by atoms with Gasteiger partial charge in [0.15, 0.2) is 0 Å². The SMILES string of the molecule is COc1ccc(C(=O)N2CC[C@@H](N)C[C@@H]2C)cc1-c1ccccc1. The topological polar surface area (TPSA) is 55.6 Å². The highest BCUT2D eigenvalue weighted by atomic mass is 16.5. The molecule has 2 N–H and O–H groups in total. The molecule has 2 atom stereocenters. The lowest BCUT2D eigenvalue weighted by Gasteiger charge is -2.36. The van der Waals surface area contributed by atoms with Crippen molar-refractivity contribution in [3.05, 3.63) is 54.1 Å². The summed E-state index contributed by atoms with van der Waals surface area (Å²) in [7, 11) is 1.65. The molecule has 0 unspecified atom stereocenters. The van der Waals surface area contributed by atoms with Crippen molar-refractivity contribution in [1.29, 1.82) is 0 Å². The molecule has 1 aliphatic heterocycles. The number of nitrogens with zero attached hydrogens (tertiary/aromatic N) is 1. The van der Waals surface area contributed by atoms with Crippen molar-refractivity contribution in [2.24, 2.45) is 5.73 Å². The molecule has 24 heavy (non-hydrogen) atoms. The first-order valence-electron chi connectivity index (χ1n) is 8.40. The number of carbonyl (C=O) groups is 1. The van der Waals surface area contributed by atoms with Crippen molar-refractivity contribution in [3.8, 4) is 16.9 Å². The fraction of sp³-hybridized carbons (Fsp3) is 0.350. The van der Waals surface area contributed by atoms with Crippen LogP contribution in [0.1, 0.15) is 30.1 Å². The van der Waals surface area contributed by atoms with Crippen LogP contribution in [0.4, 0.5) is 0 Å². The Hall–Kier alpha value is -2.33. The van der Waals surface area contributed by atoms with Crippen LogP contribution in [0.3, 0.4) is 0 Å². The average molecular weight is 324 g/mol. The van der Waals surface area contributed by atoms with Crippen molar-refractivity contribution >= 4 is 5.91 Å². The minimum Gasteiger partial charge on any atom is -0.496 e. The standard InChI is InChI=1S/C20H24N2O2/c1-14-12-17(21)10-11-22(14)20(23)16-8-9-19(24-2)18(13-16)15-6-4-3-5-7-15/h3-9,13-14,17H,10-12,21H2,1-2H3/t14-,17+/m0/s1. The van der Waals surface area contributed by atoms with Gasteiger partial charge in [0.1, 0.15) is 5.75 Å². The van der Waals surface area contributed by atoms with Crippen LogP contribution < -0.4 is 10.5 Å². The van der Waals surface area contributed by atoms with Gasteiger partial charge in [-0.25, -0.2) is 0 Å². The average Bonchev–Trinajstić information content (AvgIpc) is 2.61.